The van der Waals surface area contributed by atoms with Crippen LogP contribution in [-0.4, -0.2) is 35.3 Å². The molecule has 0 aliphatic carbocycles. The third kappa shape index (κ3) is 4.80. The topological polar surface area (TPSA) is 102 Å². The lowest BCUT2D eigenvalue weighted by molar-refractivity contribution is -0.274. The summed E-state index contributed by atoms with van der Waals surface area (Å²) >= 11 is 0. The number of benzene rings is 1. The Hall–Kier alpha value is -2.00. The zero-order valence-electron chi connectivity index (χ0n) is 10.9. The molecule has 0 heterocycles. The van der Waals surface area contributed by atoms with Crippen molar-refractivity contribution in [3.8, 4) is 5.75 Å². The van der Waals surface area contributed by atoms with Crippen molar-refractivity contribution in [3.05, 3.63) is 23.8 Å². The second-order valence-corrected chi connectivity index (χ2v) is 3.98. The molecule has 6 nitrogen and oxygen atoms in total. The van der Waals surface area contributed by atoms with Gasteiger partial charge in [0.05, 0.1) is 6.61 Å². The molecule has 4 N–H and O–H groups in total. The molecular formula is C12H14F3NO5. The molecule has 0 amide bonds. The van der Waals surface area contributed by atoms with E-state index in [1.807, 2.05) is 0 Å². The fourth-order valence-corrected chi connectivity index (χ4v) is 1.53. The number of aliphatic hydroxyl groups excluding tert-OH is 2. The van der Waals surface area contributed by atoms with Gasteiger partial charge in [-0.15, -0.1) is 13.2 Å². The van der Waals surface area contributed by atoms with Gasteiger partial charge in [0.25, 0.3) is 0 Å². The van der Waals surface area contributed by atoms with Crippen LogP contribution in [0.2, 0.25) is 0 Å². The summed E-state index contributed by atoms with van der Waals surface area (Å²) in [7, 11) is 0. The first-order valence-corrected chi connectivity index (χ1v) is 5.83. The molecule has 0 aromatic heterocycles. The number of ether oxygens (including phenoxy) is 2. The molecule has 0 saturated carbocycles. The van der Waals surface area contributed by atoms with Crippen molar-refractivity contribution in [1.29, 1.82) is 0 Å². The van der Waals surface area contributed by atoms with Gasteiger partial charge in [0.2, 0.25) is 0 Å². The summed E-state index contributed by atoms with van der Waals surface area (Å²) < 4.78 is 44.5. The minimum Gasteiger partial charge on any atom is -0.464 e. The average molecular weight is 309 g/mol. The standard InChI is InChI=1S/C12H14F3NO5/c1-2-20-11(19)10(18)9(17)7-5-6(3-4-8(7)16)21-12(13,14)15/h3-5,9-10,17-18H,2,16H2,1H3. The SMILES string of the molecule is CCOC(=O)C(O)C(O)c1cc(OC(F)(F)F)ccc1N. The lowest BCUT2D eigenvalue weighted by Gasteiger charge is -2.19. The van der Waals surface area contributed by atoms with Gasteiger partial charge in [0, 0.05) is 11.3 Å². The number of hydrogen-bond donors (Lipinski definition) is 3. The predicted molar refractivity (Wildman–Crippen MR) is 65.1 cm³/mol. The van der Waals surface area contributed by atoms with Crippen molar-refractivity contribution >= 4 is 11.7 Å². The molecule has 0 fully saturated rings. The van der Waals surface area contributed by atoms with E-state index in [-0.39, 0.29) is 17.9 Å². The molecule has 2 unspecified atom stereocenters. The Morgan fingerprint density at radius 3 is 2.52 bits per heavy atom. The fourth-order valence-electron chi connectivity index (χ4n) is 1.53. The summed E-state index contributed by atoms with van der Waals surface area (Å²) in [5.41, 5.74) is 5.11. The zero-order valence-corrected chi connectivity index (χ0v) is 10.9. The van der Waals surface area contributed by atoms with Gasteiger partial charge in [-0.2, -0.15) is 0 Å². The summed E-state index contributed by atoms with van der Waals surface area (Å²) in [6.07, 6.45) is -8.74. The largest absolute Gasteiger partial charge is 0.573 e. The molecule has 0 spiro atoms. The van der Waals surface area contributed by atoms with Crippen molar-refractivity contribution in [2.75, 3.05) is 12.3 Å². The number of alkyl halides is 3. The number of carbonyl (C=O) groups is 1. The number of rotatable bonds is 5. The van der Waals surface area contributed by atoms with Crippen LogP contribution in [-0.2, 0) is 9.53 Å². The van der Waals surface area contributed by atoms with Crippen molar-refractivity contribution in [1.82, 2.24) is 0 Å². The number of hydrogen-bond acceptors (Lipinski definition) is 6. The lowest BCUT2D eigenvalue weighted by atomic mass is 10.0. The van der Waals surface area contributed by atoms with Crippen molar-refractivity contribution in [2.45, 2.75) is 25.5 Å². The molecule has 1 rings (SSSR count). The van der Waals surface area contributed by atoms with Crippen LogP contribution >= 0.6 is 0 Å². The average Bonchev–Trinajstić information content (AvgIpc) is 2.38. The Morgan fingerprint density at radius 2 is 2.00 bits per heavy atom. The second kappa shape index (κ2) is 6.64. The monoisotopic (exact) mass is 309 g/mol. The molecular weight excluding hydrogens is 295 g/mol. The Bertz CT molecular complexity index is 506. The van der Waals surface area contributed by atoms with Crippen LogP contribution in [0.1, 0.15) is 18.6 Å². The van der Waals surface area contributed by atoms with Gasteiger partial charge >= 0.3 is 12.3 Å². The van der Waals surface area contributed by atoms with E-state index in [9.17, 15) is 28.2 Å². The molecule has 21 heavy (non-hydrogen) atoms. The number of anilines is 1. The van der Waals surface area contributed by atoms with E-state index in [0.29, 0.717) is 0 Å². The van der Waals surface area contributed by atoms with E-state index in [2.05, 4.69) is 9.47 Å². The van der Waals surface area contributed by atoms with Gasteiger partial charge in [0.15, 0.2) is 6.10 Å². The molecule has 0 bridgehead atoms. The van der Waals surface area contributed by atoms with Crippen LogP contribution in [0, 0.1) is 0 Å². The van der Waals surface area contributed by atoms with E-state index in [1.54, 1.807) is 0 Å². The normalized spacial score (nSPS) is 14.4. The highest BCUT2D eigenvalue weighted by Crippen LogP contribution is 2.30. The number of nitrogen functional groups attached to an aromatic ring is 1. The maximum absolute atomic E-state index is 12.1. The van der Waals surface area contributed by atoms with Gasteiger partial charge in [-0.25, -0.2) is 4.79 Å². The van der Waals surface area contributed by atoms with Crippen LogP contribution in [0.15, 0.2) is 18.2 Å². The molecule has 118 valence electrons. The number of halogens is 3. The fraction of sp³-hybridized carbons (Fsp3) is 0.417. The first-order chi connectivity index (χ1) is 9.65. The van der Waals surface area contributed by atoms with Crippen molar-refractivity contribution in [2.24, 2.45) is 0 Å². The van der Waals surface area contributed by atoms with Gasteiger partial charge in [-0.3, -0.25) is 0 Å². The van der Waals surface area contributed by atoms with Crippen LogP contribution in [0.25, 0.3) is 0 Å². The van der Waals surface area contributed by atoms with Crippen molar-refractivity contribution in [3.63, 3.8) is 0 Å². The number of esters is 1. The Balaban J connectivity index is 3.00. The van der Waals surface area contributed by atoms with E-state index >= 15 is 0 Å². The van der Waals surface area contributed by atoms with Crippen LogP contribution in [0.4, 0.5) is 18.9 Å². The van der Waals surface area contributed by atoms with Gasteiger partial charge < -0.3 is 25.4 Å². The molecule has 9 heteroatoms. The van der Waals surface area contributed by atoms with Crippen LogP contribution in [0.5, 0.6) is 5.75 Å². The molecule has 0 aliphatic rings. The minimum absolute atomic E-state index is 0.0324. The molecule has 0 radical (unpaired) electrons. The third-order valence-electron chi connectivity index (χ3n) is 2.44. The molecule has 1 aromatic carbocycles. The number of aliphatic hydroxyl groups is 2. The van der Waals surface area contributed by atoms with Crippen LogP contribution < -0.4 is 10.5 Å². The molecule has 0 aliphatic heterocycles. The summed E-state index contributed by atoms with van der Waals surface area (Å²) in [5.74, 6) is -1.76. The zero-order chi connectivity index (χ0) is 16.2. The Labute approximate surface area is 117 Å². The predicted octanol–water partition coefficient (Wildman–Crippen LogP) is 1.12. The quantitative estimate of drug-likeness (QED) is 0.556. The highest BCUT2D eigenvalue weighted by atomic mass is 19.4. The Kier molecular flexibility index (Phi) is 5.39. The highest BCUT2D eigenvalue weighted by molar-refractivity contribution is 5.76. The van der Waals surface area contributed by atoms with Gasteiger partial charge in [-0.05, 0) is 25.1 Å². The first-order valence-electron chi connectivity index (χ1n) is 5.83. The summed E-state index contributed by atoms with van der Waals surface area (Å²) in [4.78, 5) is 11.3. The third-order valence-corrected chi connectivity index (χ3v) is 2.44. The van der Waals surface area contributed by atoms with Crippen molar-refractivity contribution < 1.29 is 37.7 Å². The van der Waals surface area contributed by atoms with E-state index in [1.165, 1.54) is 6.92 Å². The smallest absolute Gasteiger partial charge is 0.464 e. The highest BCUT2D eigenvalue weighted by Gasteiger charge is 2.33. The van der Waals surface area contributed by atoms with Crippen LogP contribution in [0.3, 0.4) is 0 Å². The van der Waals surface area contributed by atoms with E-state index in [0.717, 1.165) is 18.2 Å². The van der Waals surface area contributed by atoms with E-state index < -0.39 is 30.3 Å². The summed E-state index contributed by atoms with van der Waals surface area (Å²) in [5, 5.41) is 19.4. The molecule has 2 atom stereocenters. The second-order valence-electron chi connectivity index (χ2n) is 3.98. The van der Waals surface area contributed by atoms with E-state index in [4.69, 9.17) is 5.73 Å². The molecule has 1 aromatic rings. The Morgan fingerprint density at radius 1 is 1.38 bits per heavy atom. The minimum atomic E-state index is -4.92. The summed E-state index contributed by atoms with van der Waals surface area (Å²) in [6.45, 7) is 1.46. The molecule has 0 saturated heterocycles. The van der Waals surface area contributed by atoms with Gasteiger partial charge in [0.1, 0.15) is 11.9 Å². The first kappa shape index (κ1) is 17.1. The lowest BCUT2D eigenvalue weighted by Crippen LogP contribution is -2.30. The number of carbonyl (C=O) groups excluding carboxylic acids is 1. The number of nitrogens with two attached hydrogens (primary N) is 1. The maximum atomic E-state index is 12.1. The maximum Gasteiger partial charge on any atom is 0.573 e. The summed E-state index contributed by atoms with van der Waals surface area (Å²) in [6, 6.07) is 2.78. The van der Waals surface area contributed by atoms with Gasteiger partial charge in [-0.1, -0.05) is 0 Å².